The molecule has 2 rings (SSSR count). The maximum absolute atomic E-state index is 6.72. The predicted molar refractivity (Wildman–Crippen MR) is 78.7 cm³/mol. The molecule has 0 spiro atoms. The Bertz CT molecular complexity index is 385. The molecule has 1 aliphatic carbocycles. The molecule has 2 N–H and O–H groups in total. The third-order valence-corrected chi connectivity index (χ3v) is 4.53. The zero-order chi connectivity index (χ0) is 13.0. The molecule has 0 saturated heterocycles. The molecule has 0 aromatic heterocycles. The van der Waals surface area contributed by atoms with Crippen molar-refractivity contribution < 1.29 is 0 Å². The first-order valence-corrected chi connectivity index (χ1v) is 7.55. The van der Waals surface area contributed by atoms with Crippen LogP contribution < -0.4 is 5.73 Å². The summed E-state index contributed by atoms with van der Waals surface area (Å²) in [6.45, 7) is 4.59. The molecule has 1 aromatic carbocycles. The highest BCUT2D eigenvalue weighted by molar-refractivity contribution is 5.38. The molecule has 1 aromatic rings. The molecule has 1 heteroatoms. The van der Waals surface area contributed by atoms with Gasteiger partial charge in [-0.15, -0.1) is 0 Å². The summed E-state index contributed by atoms with van der Waals surface area (Å²) in [5.74, 6) is 0.675. The average Bonchev–Trinajstić information content (AvgIpc) is 2.40. The molecule has 0 amide bonds. The highest BCUT2D eigenvalue weighted by Gasteiger charge is 2.34. The van der Waals surface area contributed by atoms with Crippen molar-refractivity contribution in [3.05, 3.63) is 35.4 Å². The summed E-state index contributed by atoms with van der Waals surface area (Å²) in [5.41, 5.74) is 9.56. The van der Waals surface area contributed by atoms with E-state index in [9.17, 15) is 0 Å². The summed E-state index contributed by atoms with van der Waals surface area (Å²) >= 11 is 0. The maximum Gasteiger partial charge on any atom is 0.0412 e. The van der Waals surface area contributed by atoms with Gasteiger partial charge in [-0.25, -0.2) is 0 Å². The van der Waals surface area contributed by atoms with Crippen LogP contribution in [0.1, 0.15) is 75.8 Å². The second kappa shape index (κ2) is 5.88. The van der Waals surface area contributed by atoms with Crippen LogP contribution in [-0.4, -0.2) is 0 Å². The van der Waals surface area contributed by atoms with Crippen LogP contribution in [-0.2, 0) is 5.54 Å². The Morgan fingerprint density at radius 2 is 2.00 bits per heavy atom. The first kappa shape index (κ1) is 13.6. The average molecular weight is 245 g/mol. The summed E-state index contributed by atoms with van der Waals surface area (Å²) in [6, 6.07) is 8.82. The maximum atomic E-state index is 6.72. The van der Waals surface area contributed by atoms with E-state index >= 15 is 0 Å². The van der Waals surface area contributed by atoms with Gasteiger partial charge in [-0.1, -0.05) is 63.8 Å². The van der Waals surface area contributed by atoms with E-state index in [0.717, 1.165) is 12.8 Å². The molecule has 0 radical (unpaired) electrons. The van der Waals surface area contributed by atoms with Crippen LogP contribution in [0, 0.1) is 0 Å². The SMILES string of the molecule is CCCCCCC1(N)CCC(C)c2ccccc21. The molecule has 0 bridgehead atoms. The minimum atomic E-state index is -0.0587. The minimum Gasteiger partial charge on any atom is -0.321 e. The lowest BCUT2D eigenvalue weighted by Crippen LogP contribution is -2.40. The highest BCUT2D eigenvalue weighted by atomic mass is 14.7. The monoisotopic (exact) mass is 245 g/mol. The summed E-state index contributed by atoms with van der Waals surface area (Å²) in [6.07, 6.45) is 8.77. The minimum absolute atomic E-state index is 0.0587. The third kappa shape index (κ3) is 2.77. The van der Waals surface area contributed by atoms with Crippen LogP contribution in [0.25, 0.3) is 0 Å². The summed E-state index contributed by atoms with van der Waals surface area (Å²) in [5, 5.41) is 0. The van der Waals surface area contributed by atoms with Crippen LogP contribution in [0.4, 0.5) is 0 Å². The zero-order valence-electron chi connectivity index (χ0n) is 11.9. The van der Waals surface area contributed by atoms with Crippen molar-refractivity contribution in [1.29, 1.82) is 0 Å². The topological polar surface area (TPSA) is 26.0 Å². The molecule has 2 atom stereocenters. The van der Waals surface area contributed by atoms with E-state index in [1.165, 1.54) is 43.2 Å². The molecule has 1 nitrogen and oxygen atoms in total. The van der Waals surface area contributed by atoms with Crippen molar-refractivity contribution in [3.63, 3.8) is 0 Å². The molecule has 0 saturated carbocycles. The second-order valence-electron chi connectivity index (χ2n) is 5.99. The Morgan fingerprint density at radius 1 is 1.22 bits per heavy atom. The second-order valence-corrected chi connectivity index (χ2v) is 5.99. The summed E-state index contributed by atoms with van der Waals surface area (Å²) < 4.78 is 0. The summed E-state index contributed by atoms with van der Waals surface area (Å²) in [4.78, 5) is 0. The standard InChI is InChI=1S/C17H27N/c1-3-4-5-8-12-17(18)13-11-14(2)15-9-6-7-10-16(15)17/h6-7,9-10,14H,3-5,8,11-13,18H2,1-2H3. The van der Waals surface area contributed by atoms with Crippen LogP contribution in [0.15, 0.2) is 24.3 Å². The van der Waals surface area contributed by atoms with Gasteiger partial charge in [0, 0.05) is 5.54 Å². The molecule has 2 unspecified atom stereocenters. The van der Waals surface area contributed by atoms with E-state index in [0.29, 0.717) is 5.92 Å². The van der Waals surface area contributed by atoms with Gasteiger partial charge < -0.3 is 5.73 Å². The Hall–Kier alpha value is -0.820. The third-order valence-electron chi connectivity index (χ3n) is 4.53. The van der Waals surface area contributed by atoms with Gasteiger partial charge in [-0.05, 0) is 36.3 Å². The van der Waals surface area contributed by atoms with Gasteiger partial charge in [-0.3, -0.25) is 0 Å². The van der Waals surface area contributed by atoms with Crippen molar-refractivity contribution in [2.24, 2.45) is 5.73 Å². The fraction of sp³-hybridized carbons (Fsp3) is 0.647. The molecule has 0 aliphatic heterocycles. The summed E-state index contributed by atoms with van der Waals surface area (Å²) in [7, 11) is 0. The number of benzene rings is 1. The van der Waals surface area contributed by atoms with E-state index < -0.39 is 0 Å². The van der Waals surface area contributed by atoms with Gasteiger partial charge in [0.1, 0.15) is 0 Å². The quantitative estimate of drug-likeness (QED) is 0.747. The van der Waals surface area contributed by atoms with Crippen LogP contribution in [0.3, 0.4) is 0 Å². The van der Waals surface area contributed by atoms with Crippen molar-refractivity contribution in [2.75, 3.05) is 0 Å². The van der Waals surface area contributed by atoms with E-state index in [4.69, 9.17) is 5.73 Å². The molecule has 18 heavy (non-hydrogen) atoms. The molecule has 0 fully saturated rings. The van der Waals surface area contributed by atoms with Crippen molar-refractivity contribution in [1.82, 2.24) is 0 Å². The van der Waals surface area contributed by atoms with E-state index in [1.54, 1.807) is 0 Å². The number of fused-ring (bicyclic) bond motifs is 1. The van der Waals surface area contributed by atoms with Gasteiger partial charge in [0.25, 0.3) is 0 Å². The van der Waals surface area contributed by atoms with Gasteiger partial charge >= 0.3 is 0 Å². The van der Waals surface area contributed by atoms with Crippen molar-refractivity contribution in [2.45, 2.75) is 70.3 Å². The molecular formula is C17H27N. The van der Waals surface area contributed by atoms with E-state index in [-0.39, 0.29) is 5.54 Å². The van der Waals surface area contributed by atoms with Gasteiger partial charge in [0.2, 0.25) is 0 Å². The number of hydrogen-bond donors (Lipinski definition) is 1. The Kier molecular flexibility index (Phi) is 4.45. The van der Waals surface area contributed by atoms with Crippen LogP contribution in [0.2, 0.25) is 0 Å². The van der Waals surface area contributed by atoms with Crippen LogP contribution in [0.5, 0.6) is 0 Å². The van der Waals surface area contributed by atoms with Crippen molar-refractivity contribution >= 4 is 0 Å². The zero-order valence-corrected chi connectivity index (χ0v) is 11.9. The molecule has 1 aliphatic rings. The fourth-order valence-corrected chi connectivity index (χ4v) is 3.27. The lowest BCUT2D eigenvalue weighted by Gasteiger charge is -2.38. The van der Waals surface area contributed by atoms with E-state index in [1.807, 2.05) is 0 Å². The fourth-order valence-electron chi connectivity index (χ4n) is 3.27. The first-order valence-electron chi connectivity index (χ1n) is 7.55. The Morgan fingerprint density at radius 3 is 2.78 bits per heavy atom. The van der Waals surface area contributed by atoms with Gasteiger partial charge in [0.05, 0.1) is 0 Å². The number of hydrogen-bond acceptors (Lipinski definition) is 1. The highest BCUT2D eigenvalue weighted by Crippen LogP contribution is 2.42. The van der Waals surface area contributed by atoms with Gasteiger partial charge in [0.15, 0.2) is 0 Å². The molecule has 100 valence electrons. The number of nitrogens with two attached hydrogens (primary N) is 1. The first-order chi connectivity index (χ1) is 8.67. The molecule has 0 heterocycles. The lowest BCUT2D eigenvalue weighted by molar-refractivity contribution is 0.316. The van der Waals surface area contributed by atoms with Gasteiger partial charge in [-0.2, -0.15) is 0 Å². The lowest BCUT2D eigenvalue weighted by atomic mass is 9.71. The van der Waals surface area contributed by atoms with Crippen molar-refractivity contribution in [3.8, 4) is 0 Å². The predicted octanol–water partition coefficient (Wildman–Crippen LogP) is 4.71. The Balaban J connectivity index is 2.11. The van der Waals surface area contributed by atoms with E-state index in [2.05, 4.69) is 38.1 Å². The number of rotatable bonds is 5. The smallest absolute Gasteiger partial charge is 0.0412 e. The normalized spacial score (nSPS) is 26.9. The van der Waals surface area contributed by atoms with Crippen LogP contribution >= 0.6 is 0 Å². The number of unbranched alkanes of at least 4 members (excludes halogenated alkanes) is 3. The Labute approximate surface area is 112 Å². The largest absolute Gasteiger partial charge is 0.321 e. The molecular weight excluding hydrogens is 218 g/mol.